The number of rotatable bonds is 5. The lowest BCUT2D eigenvalue weighted by Crippen LogP contribution is -2.36. The van der Waals surface area contributed by atoms with Crippen molar-refractivity contribution in [1.29, 1.82) is 0 Å². The van der Waals surface area contributed by atoms with E-state index in [9.17, 15) is 4.79 Å². The molecule has 1 saturated heterocycles. The molecular weight excluding hydrogens is 216 g/mol. The maximum absolute atomic E-state index is 11.6. The largest absolute Gasteiger partial charge is 0.378 e. The highest BCUT2D eigenvalue weighted by Crippen LogP contribution is 2.12. The van der Waals surface area contributed by atoms with Gasteiger partial charge in [-0.15, -0.1) is 0 Å². The van der Waals surface area contributed by atoms with Crippen molar-refractivity contribution in [1.82, 2.24) is 10.6 Å². The lowest BCUT2D eigenvalue weighted by Gasteiger charge is -2.23. The molecule has 1 aliphatic rings. The summed E-state index contributed by atoms with van der Waals surface area (Å²) in [4.78, 5) is 11.6. The summed E-state index contributed by atoms with van der Waals surface area (Å²) in [6.07, 6.45) is 3.52. The predicted molar refractivity (Wildman–Crippen MR) is 68.9 cm³/mol. The van der Waals surface area contributed by atoms with Gasteiger partial charge in [-0.3, -0.25) is 4.79 Å². The van der Waals surface area contributed by atoms with E-state index < -0.39 is 0 Å². The van der Waals surface area contributed by atoms with Crippen molar-refractivity contribution in [3.05, 3.63) is 0 Å². The number of carbonyl (C=O) groups is 1. The minimum absolute atomic E-state index is 0.111. The molecule has 4 heteroatoms. The molecule has 0 aromatic rings. The lowest BCUT2D eigenvalue weighted by molar-refractivity contribution is -0.128. The van der Waals surface area contributed by atoms with Crippen molar-refractivity contribution in [2.24, 2.45) is 5.41 Å². The van der Waals surface area contributed by atoms with Crippen LogP contribution in [0, 0.1) is 5.41 Å². The molecule has 1 amide bonds. The minimum atomic E-state index is -0.296. The van der Waals surface area contributed by atoms with Gasteiger partial charge >= 0.3 is 0 Å². The van der Waals surface area contributed by atoms with Gasteiger partial charge in [-0.05, 0) is 32.4 Å². The van der Waals surface area contributed by atoms with E-state index in [2.05, 4.69) is 10.6 Å². The van der Waals surface area contributed by atoms with E-state index in [-0.39, 0.29) is 11.3 Å². The van der Waals surface area contributed by atoms with Gasteiger partial charge in [0.2, 0.25) is 5.91 Å². The molecule has 2 N–H and O–H groups in total. The van der Waals surface area contributed by atoms with E-state index in [0.29, 0.717) is 12.6 Å². The molecule has 0 spiro atoms. The smallest absolute Gasteiger partial charge is 0.225 e. The van der Waals surface area contributed by atoms with Gasteiger partial charge in [-0.2, -0.15) is 0 Å². The third-order valence-electron chi connectivity index (χ3n) is 2.93. The van der Waals surface area contributed by atoms with E-state index in [1.807, 2.05) is 20.8 Å². The van der Waals surface area contributed by atoms with Crippen LogP contribution in [0.3, 0.4) is 0 Å². The molecule has 1 fully saturated rings. The number of carbonyl (C=O) groups excluding carboxylic acids is 1. The van der Waals surface area contributed by atoms with Gasteiger partial charge in [0.25, 0.3) is 0 Å². The molecular formula is C13H26N2O2. The van der Waals surface area contributed by atoms with Crippen LogP contribution < -0.4 is 10.6 Å². The quantitative estimate of drug-likeness (QED) is 0.715. The van der Waals surface area contributed by atoms with Crippen LogP contribution in [-0.2, 0) is 9.53 Å². The van der Waals surface area contributed by atoms with Crippen LogP contribution >= 0.6 is 0 Å². The zero-order valence-electron chi connectivity index (χ0n) is 11.3. The first-order chi connectivity index (χ1) is 8.00. The summed E-state index contributed by atoms with van der Waals surface area (Å²) < 4.78 is 5.76. The Labute approximate surface area is 104 Å². The van der Waals surface area contributed by atoms with Crippen LogP contribution in [0.15, 0.2) is 0 Å². The molecule has 0 aromatic carbocycles. The fraction of sp³-hybridized carbons (Fsp3) is 0.923. The van der Waals surface area contributed by atoms with Crippen molar-refractivity contribution in [2.45, 2.75) is 46.1 Å². The second kappa shape index (κ2) is 6.97. The summed E-state index contributed by atoms with van der Waals surface area (Å²) in [6, 6.07) is 0. The summed E-state index contributed by atoms with van der Waals surface area (Å²) in [5.74, 6) is 0.111. The van der Waals surface area contributed by atoms with Crippen LogP contribution in [-0.4, -0.2) is 38.3 Å². The van der Waals surface area contributed by atoms with E-state index in [0.717, 1.165) is 39.0 Å². The molecule has 17 heavy (non-hydrogen) atoms. The summed E-state index contributed by atoms with van der Waals surface area (Å²) in [5, 5.41) is 6.24. The topological polar surface area (TPSA) is 50.4 Å². The Morgan fingerprint density at radius 2 is 2.00 bits per heavy atom. The van der Waals surface area contributed by atoms with Gasteiger partial charge in [0.15, 0.2) is 0 Å². The maximum Gasteiger partial charge on any atom is 0.225 e. The van der Waals surface area contributed by atoms with Crippen LogP contribution in [0.4, 0.5) is 0 Å². The Morgan fingerprint density at radius 1 is 1.35 bits per heavy atom. The minimum Gasteiger partial charge on any atom is -0.378 e. The second-order valence-electron chi connectivity index (χ2n) is 5.68. The van der Waals surface area contributed by atoms with Crippen molar-refractivity contribution < 1.29 is 9.53 Å². The normalized spacial score (nSPS) is 18.1. The van der Waals surface area contributed by atoms with Crippen LogP contribution in [0.25, 0.3) is 0 Å². The molecule has 0 unspecified atom stereocenters. The average Bonchev–Trinajstić information content (AvgIpc) is 2.28. The molecule has 0 radical (unpaired) electrons. The van der Waals surface area contributed by atoms with Crippen LogP contribution in [0.2, 0.25) is 0 Å². The standard InChI is InChI=1S/C13H26N2O2/c1-13(2,3)12(16)15-7-4-10-17-11-5-8-14-9-6-11/h11,14H,4-10H2,1-3H3,(H,15,16). The summed E-state index contributed by atoms with van der Waals surface area (Å²) in [6.45, 7) is 9.35. The molecule has 0 atom stereocenters. The monoisotopic (exact) mass is 242 g/mol. The van der Waals surface area contributed by atoms with E-state index in [4.69, 9.17) is 4.74 Å². The van der Waals surface area contributed by atoms with E-state index in [1.165, 1.54) is 0 Å². The highest BCUT2D eigenvalue weighted by atomic mass is 16.5. The molecule has 0 saturated carbocycles. The average molecular weight is 242 g/mol. The second-order valence-corrected chi connectivity index (χ2v) is 5.68. The number of nitrogens with one attached hydrogen (secondary N) is 2. The molecule has 1 rings (SSSR count). The number of ether oxygens (including phenoxy) is 1. The fourth-order valence-corrected chi connectivity index (χ4v) is 1.75. The number of hydrogen-bond acceptors (Lipinski definition) is 3. The first-order valence-corrected chi connectivity index (χ1v) is 6.61. The summed E-state index contributed by atoms with van der Waals surface area (Å²) in [7, 11) is 0. The van der Waals surface area contributed by atoms with Crippen LogP contribution in [0.5, 0.6) is 0 Å². The number of amides is 1. The van der Waals surface area contributed by atoms with Gasteiger partial charge in [0.1, 0.15) is 0 Å². The summed E-state index contributed by atoms with van der Waals surface area (Å²) >= 11 is 0. The molecule has 4 nitrogen and oxygen atoms in total. The molecule has 0 aliphatic carbocycles. The van der Waals surface area contributed by atoms with Crippen molar-refractivity contribution in [3.8, 4) is 0 Å². The third kappa shape index (κ3) is 6.03. The van der Waals surface area contributed by atoms with Crippen LogP contribution in [0.1, 0.15) is 40.0 Å². The van der Waals surface area contributed by atoms with Gasteiger partial charge in [0.05, 0.1) is 6.10 Å². The van der Waals surface area contributed by atoms with Crippen molar-refractivity contribution in [2.75, 3.05) is 26.2 Å². The Morgan fingerprint density at radius 3 is 2.59 bits per heavy atom. The first-order valence-electron chi connectivity index (χ1n) is 6.61. The Bertz CT molecular complexity index is 230. The Balaban J connectivity index is 1.99. The van der Waals surface area contributed by atoms with Crippen molar-refractivity contribution >= 4 is 5.91 Å². The van der Waals surface area contributed by atoms with Gasteiger partial charge in [-0.1, -0.05) is 20.8 Å². The lowest BCUT2D eigenvalue weighted by atomic mass is 9.96. The predicted octanol–water partition coefficient (Wildman–Crippen LogP) is 1.31. The number of piperidine rings is 1. The Kier molecular flexibility index (Phi) is 5.92. The van der Waals surface area contributed by atoms with E-state index >= 15 is 0 Å². The van der Waals surface area contributed by atoms with E-state index in [1.54, 1.807) is 0 Å². The van der Waals surface area contributed by atoms with Gasteiger partial charge < -0.3 is 15.4 Å². The van der Waals surface area contributed by atoms with Gasteiger partial charge in [0, 0.05) is 18.6 Å². The number of hydrogen-bond donors (Lipinski definition) is 2. The zero-order valence-corrected chi connectivity index (χ0v) is 11.3. The Hall–Kier alpha value is -0.610. The fourth-order valence-electron chi connectivity index (χ4n) is 1.75. The zero-order chi connectivity index (χ0) is 12.7. The van der Waals surface area contributed by atoms with Crippen molar-refractivity contribution in [3.63, 3.8) is 0 Å². The molecule has 0 bridgehead atoms. The highest BCUT2D eigenvalue weighted by Gasteiger charge is 2.20. The first kappa shape index (κ1) is 14.5. The highest BCUT2D eigenvalue weighted by molar-refractivity contribution is 5.81. The third-order valence-corrected chi connectivity index (χ3v) is 2.93. The maximum atomic E-state index is 11.6. The molecule has 1 aliphatic heterocycles. The summed E-state index contributed by atoms with van der Waals surface area (Å²) in [5.41, 5.74) is -0.296. The molecule has 0 aromatic heterocycles. The molecule has 1 heterocycles. The molecule has 100 valence electrons. The van der Waals surface area contributed by atoms with Gasteiger partial charge in [-0.25, -0.2) is 0 Å². The SMILES string of the molecule is CC(C)(C)C(=O)NCCCOC1CCNCC1.